The molecule has 1 amide bonds. The first-order valence-electron chi connectivity index (χ1n) is 5.70. The number of nitrogens with one attached hydrogen (secondary N) is 1. The van der Waals surface area contributed by atoms with E-state index < -0.39 is 0 Å². The van der Waals surface area contributed by atoms with Crippen LogP contribution in [0.2, 0.25) is 5.02 Å². The number of rotatable bonds is 2. The van der Waals surface area contributed by atoms with E-state index in [4.69, 9.17) is 11.6 Å². The maximum atomic E-state index is 12.2. The van der Waals surface area contributed by atoms with E-state index in [2.05, 4.69) is 5.32 Å². The van der Waals surface area contributed by atoms with Crippen molar-refractivity contribution in [2.45, 2.75) is 20.0 Å². The fraction of sp³-hybridized carbons (Fsp3) is 0.250. The highest BCUT2D eigenvalue weighted by molar-refractivity contribution is 6.36. The minimum Gasteiger partial charge on any atom is -0.321 e. The Kier molecular flexibility index (Phi) is 2.50. The van der Waals surface area contributed by atoms with Crippen LogP contribution in [0.15, 0.2) is 10.9 Å². The van der Waals surface area contributed by atoms with Gasteiger partial charge >= 0.3 is 5.69 Å². The van der Waals surface area contributed by atoms with E-state index in [1.165, 1.54) is 9.13 Å². The van der Waals surface area contributed by atoms with Gasteiger partial charge in [-0.25, -0.2) is 4.79 Å². The van der Waals surface area contributed by atoms with Crippen molar-refractivity contribution in [3.8, 4) is 0 Å². The molecule has 0 radical (unpaired) electrons. The molecule has 0 saturated carbocycles. The predicted octanol–water partition coefficient (Wildman–Crippen LogP) is 0.916. The number of aromatic nitrogens is 2. The van der Waals surface area contributed by atoms with Crippen molar-refractivity contribution in [3.63, 3.8) is 0 Å². The van der Waals surface area contributed by atoms with Crippen molar-refractivity contribution < 1.29 is 9.59 Å². The molecular weight excluding hydrogens is 270 g/mol. The van der Waals surface area contributed by atoms with Gasteiger partial charge in [0.25, 0.3) is 0 Å². The quantitative estimate of drug-likeness (QED) is 0.831. The third-order valence-corrected chi connectivity index (χ3v) is 3.73. The Bertz CT molecular complexity index is 788. The normalized spacial score (nSPS) is 13.7. The predicted molar refractivity (Wildman–Crippen MR) is 70.6 cm³/mol. The molecule has 19 heavy (non-hydrogen) atoms. The maximum absolute atomic E-state index is 12.2. The van der Waals surface area contributed by atoms with Crippen LogP contribution in [0.25, 0.3) is 11.0 Å². The van der Waals surface area contributed by atoms with Crippen LogP contribution in [-0.2, 0) is 22.7 Å². The van der Waals surface area contributed by atoms with Crippen molar-refractivity contribution in [1.82, 2.24) is 9.13 Å². The van der Waals surface area contributed by atoms with Crippen LogP contribution in [0.1, 0.15) is 5.56 Å². The summed E-state index contributed by atoms with van der Waals surface area (Å²) < 4.78 is 2.69. The Morgan fingerprint density at radius 2 is 2.21 bits per heavy atom. The Morgan fingerprint density at radius 3 is 2.89 bits per heavy atom. The average Bonchev–Trinajstić information content (AvgIpc) is 2.62. The SMILES string of the molecule is Cc1cc2c3c(c1Cl)NC(=O)Cn3c(=O)n2CC=O. The summed E-state index contributed by atoms with van der Waals surface area (Å²) in [5.41, 5.74) is 1.98. The number of anilines is 1. The molecule has 1 aromatic heterocycles. The Labute approximate surface area is 112 Å². The van der Waals surface area contributed by atoms with E-state index in [1.54, 1.807) is 13.0 Å². The number of aryl methyl sites for hydroxylation is 1. The molecule has 6 nitrogen and oxygen atoms in total. The first-order valence-corrected chi connectivity index (χ1v) is 6.08. The molecule has 98 valence electrons. The zero-order chi connectivity index (χ0) is 13.7. The molecule has 2 aromatic rings. The number of carbonyl (C=O) groups is 2. The molecule has 0 bridgehead atoms. The van der Waals surface area contributed by atoms with Crippen molar-refractivity contribution >= 4 is 40.5 Å². The fourth-order valence-corrected chi connectivity index (χ4v) is 2.61. The van der Waals surface area contributed by atoms with Gasteiger partial charge in [0.2, 0.25) is 5.91 Å². The van der Waals surface area contributed by atoms with Gasteiger partial charge in [-0.1, -0.05) is 11.6 Å². The summed E-state index contributed by atoms with van der Waals surface area (Å²) in [7, 11) is 0. The third kappa shape index (κ3) is 1.53. The van der Waals surface area contributed by atoms with E-state index >= 15 is 0 Å². The highest BCUT2D eigenvalue weighted by atomic mass is 35.5. The molecule has 1 N–H and O–H groups in total. The minimum atomic E-state index is -0.375. The Balaban J connectivity index is 2.51. The lowest BCUT2D eigenvalue weighted by Gasteiger charge is -2.17. The summed E-state index contributed by atoms with van der Waals surface area (Å²) in [5, 5.41) is 3.10. The summed E-state index contributed by atoms with van der Waals surface area (Å²) in [5.74, 6) is -0.299. The molecule has 0 saturated heterocycles. The van der Waals surface area contributed by atoms with Crippen molar-refractivity contribution in [2.24, 2.45) is 0 Å². The summed E-state index contributed by atoms with van der Waals surface area (Å²) in [4.78, 5) is 34.6. The number of halogens is 1. The monoisotopic (exact) mass is 279 g/mol. The second-order valence-electron chi connectivity index (χ2n) is 4.44. The topological polar surface area (TPSA) is 73.1 Å². The number of imidazole rings is 1. The van der Waals surface area contributed by atoms with E-state index in [0.29, 0.717) is 28.0 Å². The third-order valence-electron chi connectivity index (χ3n) is 3.24. The smallest absolute Gasteiger partial charge is 0.321 e. The number of nitrogens with zero attached hydrogens (tertiary/aromatic N) is 2. The number of aldehydes is 1. The van der Waals surface area contributed by atoms with Crippen LogP contribution < -0.4 is 11.0 Å². The molecule has 0 spiro atoms. The van der Waals surface area contributed by atoms with Crippen molar-refractivity contribution in [3.05, 3.63) is 27.1 Å². The van der Waals surface area contributed by atoms with Gasteiger partial charge in [-0.2, -0.15) is 0 Å². The van der Waals surface area contributed by atoms with Crippen LogP contribution >= 0.6 is 11.6 Å². The molecule has 1 aliphatic heterocycles. The van der Waals surface area contributed by atoms with Gasteiger partial charge in [0.15, 0.2) is 0 Å². The van der Waals surface area contributed by atoms with Crippen LogP contribution in [-0.4, -0.2) is 21.3 Å². The molecule has 2 heterocycles. The lowest BCUT2D eigenvalue weighted by molar-refractivity contribution is -0.116. The largest absolute Gasteiger partial charge is 0.330 e. The molecular formula is C12H10ClN3O3. The van der Waals surface area contributed by atoms with E-state index in [9.17, 15) is 14.4 Å². The van der Waals surface area contributed by atoms with E-state index in [0.717, 1.165) is 5.56 Å². The van der Waals surface area contributed by atoms with Gasteiger partial charge in [-0.15, -0.1) is 0 Å². The molecule has 1 aromatic carbocycles. The van der Waals surface area contributed by atoms with Crippen LogP contribution in [0.3, 0.4) is 0 Å². The second-order valence-corrected chi connectivity index (χ2v) is 4.82. The molecule has 7 heteroatoms. The lowest BCUT2D eigenvalue weighted by Crippen LogP contribution is -2.32. The Hall–Kier alpha value is -2.08. The summed E-state index contributed by atoms with van der Waals surface area (Å²) in [6, 6.07) is 1.75. The number of benzene rings is 1. The first-order chi connectivity index (χ1) is 9.04. The maximum Gasteiger partial charge on any atom is 0.330 e. The summed E-state index contributed by atoms with van der Waals surface area (Å²) in [6.45, 7) is 1.68. The van der Waals surface area contributed by atoms with E-state index in [-0.39, 0.29) is 24.7 Å². The number of amides is 1. The van der Waals surface area contributed by atoms with Gasteiger partial charge in [0.1, 0.15) is 12.8 Å². The molecule has 3 rings (SSSR count). The fourth-order valence-electron chi connectivity index (χ4n) is 2.42. The highest BCUT2D eigenvalue weighted by Crippen LogP contribution is 2.35. The van der Waals surface area contributed by atoms with Crippen molar-refractivity contribution in [2.75, 3.05) is 5.32 Å². The second kappa shape index (κ2) is 3.96. The van der Waals surface area contributed by atoms with Crippen LogP contribution in [0.4, 0.5) is 5.69 Å². The van der Waals surface area contributed by atoms with Gasteiger partial charge < -0.3 is 10.1 Å². The standard InChI is InChI=1S/C12H10ClN3O3/c1-6-4-7-11-10(9(6)13)14-8(18)5-16(11)12(19)15(7)2-3-17/h3-4H,2,5H2,1H3,(H,14,18). The van der Waals surface area contributed by atoms with Gasteiger partial charge in [-0.3, -0.25) is 13.9 Å². The zero-order valence-corrected chi connectivity index (χ0v) is 10.8. The molecule has 0 aliphatic carbocycles. The number of carbonyl (C=O) groups excluding carboxylic acids is 2. The lowest BCUT2D eigenvalue weighted by atomic mass is 10.1. The molecule has 0 fully saturated rings. The van der Waals surface area contributed by atoms with Crippen molar-refractivity contribution in [1.29, 1.82) is 0 Å². The highest BCUT2D eigenvalue weighted by Gasteiger charge is 2.26. The number of hydrogen-bond donors (Lipinski definition) is 1. The summed E-state index contributed by atoms with van der Waals surface area (Å²) >= 11 is 6.17. The molecule has 1 aliphatic rings. The minimum absolute atomic E-state index is 0.0446. The molecule has 0 atom stereocenters. The average molecular weight is 280 g/mol. The van der Waals surface area contributed by atoms with Crippen LogP contribution in [0, 0.1) is 6.92 Å². The van der Waals surface area contributed by atoms with E-state index in [1.807, 2.05) is 0 Å². The zero-order valence-electron chi connectivity index (χ0n) is 10.1. The van der Waals surface area contributed by atoms with Gasteiger partial charge in [0.05, 0.1) is 28.3 Å². The van der Waals surface area contributed by atoms with Gasteiger partial charge in [-0.05, 0) is 18.6 Å². The van der Waals surface area contributed by atoms with Gasteiger partial charge in [0, 0.05) is 0 Å². The number of hydrogen-bond acceptors (Lipinski definition) is 3. The first kappa shape index (κ1) is 12.0. The Morgan fingerprint density at radius 1 is 1.47 bits per heavy atom. The molecule has 0 unspecified atom stereocenters. The summed E-state index contributed by atoms with van der Waals surface area (Å²) in [6.07, 6.45) is 0.655. The van der Waals surface area contributed by atoms with Crippen LogP contribution in [0.5, 0.6) is 0 Å².